The lowest BCUT2D eigenvalue weighted by atomic mass is 10.0. The average molecular weight is 532 g/mol. The number of nitrogens with one attached hydrogen (secondary N) is 1. The lowest BCUT2D eigenvalue weighted by Gasteiger charge is -2.54. The number of hydrogen-bond donors (Lipinski definition) is 1. The molecule has 2 saturated heterocycles. The van der Waals surface area contributed by atoms with Crippen molar-refractivity contribution in [2.45, 2.75) is 52.0 Å². The third-order valence-electron chi connectivity index (χ3n) is 7.06. The van der Waals surface area contributed by atoms with Gasteiger partial charge in [-0.25, -0.2) is 9.80 Å². The number of nitrogens with zero attached hydrogens (tertiary/aromatic N) is 4. The van der Waals surface area contributed by atoms with Crippen LogP contribution in [0.15, 0.2) is 54.6 Å². The minimum absolute atomic E-state index is 0.0629. The predicted molar refractivity (Wildman–Crippen MR) is 148 cm³/mol. The molecule has 4 amide bonds. The molecule has 2 atom stereocenters. The van der Waals surface area contributed by atoms with E-state index < -0.39 is 12.2 Å². The van der Waals surface area contributed by atoms with Crippen molar-refractivity contribution in [1.29, 1.82) is 0 Å². The van der Waals surface area contributed by atoms with Gasteiger partial charge in [0.25, 0.3) is 0 Å². The highest BCUT2D eigenvalue weighted by Crippen LogP contribution is 2.28. The standard InChI is InChI=1S/C30H37N5O4/c1-4-9-26-29(37)32(17-18-39-22-25-14-12-23(3)13-15-25)20-27-34(26)28(36)21-33(16-5-2)35(27)30(38)31-19-24-10-7-6-8-11-24/h2,6-8,10-15,26-27H,4,9,16-22H2,1,3H3,(H,31,38)/t26-,27-/m0/s1. The van der Waals surface area contributed by atoms with E-state index in [1.54, 1.807) is 14.8 Å². The summed E-state index contributed by atoms with van der Waals surface area (Å²) in [5.74, 6) is 2.24. The van der Waals surface area contributed by atoms with Crippen LogP contribution in [0.3, 0.4) is 0 Å². The van der Waals surface area contributed by atoms with Crippen LogP contribution in [-0.4, -0.2) is 82.7 Å². The van der Waals surface area contributed by atoms with Crippen molar-refractivity contribution < 1.29 is 19.1 Å². The molecule has 9 heteroatoms. The molecule has 4 rings (SSSR count). The van der Waals surface area contributed by atoms with Crippen LogP contribution < -0.4 is 5.32 Å². The van der Waals surface area contributed by atoms with Crippen LogP contribution in [0.2, 0.25) is 0 Å². The Bertz CT molecular complexity index is 1180. The lowest BCUT2D eigenvalue weighted by Crippen LogP contribution is -2.76. The molecule has 1 N–H and O–H groups in total. The van der Waals surface area contributed by atoms with Gasteiger partial charge in [0, 0.05) is 13.1 Å². The van der Waals surface area contributed by atoms with E-state index in [1.807, 2.05) is 68.4 Å². The molecule has 2 heterocycles. The quantitative estimate of drug-likeness (QED) is 0.377. The summed E-state index contributed by atoms with van der Waals surface area (Å²) in [6, 6.07) is 16.7. The van der Waals surface area contributed by atoms with Gasteiger partial charge in [-0.2, -0.15) is 5.01 Å². The number of urea groups is 1. The maximum atomic E-state index is 13.6. The maximum Gasteiger partial charge on any atom is 0.334 e. The van der Waals surface area contributed by atoms with E-state index >= 15 is 0 Å². The van der Waals surface area contributed by atoms with Gasteiger partial charge in [0.15, 0.2) is 0 Å². The Morgan fingerprint density at radius 1 is 1.10 bits per heavy atom. The number of aryl methyl sites for hydroxylation is 1. The monoisotopic (exact) mass is 531 g/mol. The number of hydrogen-bond acceptors (Lipinski definition) is 5. The van der Waals surface area contributed by atoms with E-state index in [9.17, 15) is 14.4 Å². The molecule has 0 spiro atoms. The number of fused-ring (bicyclic) bond motifs is 1. The highest BCUT2D eigenvalue weighted by atomic mass is 16.5. The van der Waals surface area contributed by atoms with E-state index in [1.165, 1.54) is 10.6 Å². The second kappa shape index (κ2) is 13.3. The molecule has 2 aliphatic heterocycles. The second-order valence-corrected chi connectivity index (χ2v) is 9.92. The molecule has 9 nitrogen and oxygen atoms in total. The summed E-state index contributed by atoms with van der Waals surface area (Å²) in [6.45, 7) is 5.70. The van der Waals surface area contributed by atoms with Crippen molar-refractivity contribution in [3.8, 4) is 12.3 Å². The van der Waals surface area contributed by atoms with Crippen LogP contribution >= 0.6 is 0 Å². The van der Waals surface area contributed by atoms with Crippen molar-refractivity contribution in [3.63, 3.8) is 0 Å². The third-order valence-corrected chi connectivity index (χ3v) is 7.06. The number of ether oxygens (including phenoxy) is 1. The van der Waals surface area contributed by atoms with E-state index in [0.29, 0.717) is 32.7 Å². The zero-order valence-electron chi connectivity index (χ0n) is 22.7. The molecular formula is C30H37N5O4. The van der Waals surface area contributed by atoms with E-state index in [-0.39, 0.29) is 37.5 Å². The molecule has 0 radical (unpaired) electrons. The number of benzene rings is 2. The van der Waals surface area contributed by atoms with Gasteiger partial charge in [-0.15, -0.1) is 6.42 Å². The average Bonchev–Trinajstić information content (AvgIpc) is 2.93. The van der Waals surface area contributed by atoms with Crippen molar-refractivity contribution in [2.24, 2.45) is 0 Å². The normalized spacial score (nSPS) is 19.6. The Morgan fingerprint density at radius 2 is 1.85 bits per heavy atom. The summed E-state index contributed by atoms with van der Waals surface area (Å²) in [7, 11) is 0. The number of amides is 4. The number of carbonyl (C=O) groups excluding carboxylic acids is 3. The highest BCUT2D eigenvalue weighted by molar-refractivity contribution is 5.91. The van der Waals surface area contributed by atoms with E-state index in [0.717, 1.165) is 17.5 Å². The maximum absolute atomic E-state index is 13.6. The number of rotatable bonds is 10. The SMILES string of the molecule is C#CCN1CC(=O)N2[C@@H](CCC)C(=O)N(CCOCc3ccc(C)cc3)C[C@@H]2N1C(=O)NCc1ccccc1. The van der Waals surface area contributed by atoms with Crippen molar-refractivity contribution in [3.05, 3.63) is 71.3 Å². The summed E-state index contributed by atoms with van der Waals surface area (Å²) < 4.78 is 5.88. The Balaban J connectivity index is 1.50. The van der Waals surface area contributed by atoms with Crippen molar-refractivity contribution in [2.75, 3.05) is 32.8 Å². The van der Waals surface area contributed by atoms with Gasteiger partial charge in [-0.05, 0) is 24.5 Å². The minimum Gasteiger partial charge on any atom is -0.375 e. The van der Waals surface area contributed by atoms with Crippen LogP contribution in [0.25, 0.3) is 0 Å². The van der Waals surface area contributed by atoms with Crippen LogP contribution in [0.1, 0.15) is 36.5 Å². The Hall–Kier alpha value is -3.87. The molecule has 0 saturated carbocycles. The van der Waals surface area contributed by atoms with Crippen LogP contribution in [0, 0.1) is 19.3 Å². The first-order valence-electron chi connectivity index (χ1n) is 13.5. The van der Waals surface area contributed by atoms with E-state index in [2.05, 4.69) is 11.2 Å². The Morgan fingerprint density at radius 3 is 2.54 bits per heavy atom. The van der Waals surface area contributed by atoms with Crippen LogP contribution in [0.4, 0.5) is 4.79 Å². The molecule has 0 bridgehead atoms. The number of hydrazine groups is 1. The fourth-order valence-electron chi connectivity index (χ4n) is 5.09. The zero-order chi connectivity index (χ0) is 27.8. The second-order valence-electron chi connectivity index (χ2n) is 9.92. The minimum atomic E-state index is -0.665. The number of carbonyl (C=O) groups is 3. The van der Waals surface area contributed by atoms with Gasteiger partial charge in [0.2, 0.25) is 11.8 Å². The van der Waals surface area contributed by atoms with Gasteiger partial charge in [-0.3, -0.25) is 9.59 Å². The first-order chi connectivity index (χ1) is 18.9. The largest absolute Gasteiger partial charge is 0.375 e. The fraction of sp³-hybridized carbons (Fsp3) is 0.433. The molecule has 2 aliphatic rings. The van der Waals surface area contributed by atoms with Gasteiger partial charge in [0.1, 0.15) is 12.2 Å². The Kier molecular flexibility index (Phi) is 9.58. The molecule has 0 aromatic heterocycles. The molecule has 206 valence electrons. The van der Waals surface area contributed by atoms with Crippen LogP contribution in [0.5, 0.6) is 0 Å². The van der Waals surface area contributed by atoms with Gasteiger partial charge < -0.3 is 19.9 Å². The molecule has 0 unspecified atom stereocenters. The molecule has 2 aromatic rings. The summed E-state index contributed by atoms with van der Waals surface area (Å²) >= 11 is 0. The first-order valence-corrected chi connectivity index (χ1v) is 13.5. The summed E-state index contributed by atoms with van der Waals surface area (Å²) in [4.78, 5) is 43.7. The van der Waals surface area contributed by atoms with E-state index in [4.69, 9.17) is 11.2 Å². The van der Waals surface area contributed by atoms with Gasteiger partial charge in [0.05, 0.1) is 32.8 Å². The molecular weight excluding hydrogens is 494 g/mol. The summed E-state index contributed by atoms with van der Waals surface area (Å²) in [5, 5.41) is 6.08. The summed E-state index contributed by atoms with van der Waals surface area (Å²) in [6.07, 6.45) is 6.17. The predicted octanol–water partition coefficient (Wildman–Crippen LogP) is 2.75. The third kappa shape index (κ3) is 6.77. The first kappa shape index (κ1) is 28.1. The molecule has 2 fully saturated rings. The smallest absolute Gasteiger partial charge is 0.334 e. The summed E-state index contributed by atoms with van der Waals surface area (Å²) in [5.41, 5.74) is 3.20. The van der Waals surface area contributed by atoms with Crippen LogP contribution in [-0.2, 0) is 27.5 Å². The molecule has 39 heavy (non-hydrogen) atoms. The highest BCUT2D eigenvalue weighted by Gasteiger charge is 2.50. The fourth-order valence-corrected chi connectivity index (χ4v) is 5.09. The topological polar surface area (TPSA) is 85.4 Å². The van der Waals surface area contributed by atoms with Crippen molar-refractivity contribution >= 4 is 17.8 Å². The lowest BCUT2D eigenvalue weighted by molar-refractivity contribution is -0.189. The van der Waals surface area contributed by atoms with Crippen molar-refractivity contribution in [1.82, 2.24) is 25.1 Å². The van der Waals surface area contributed by atoms with Gasteiger partial charge >= 0.3 is 6.03 Å². The molecule has 2 aromatic carbocycles. The Labute approximate surface area is 230 Å². The van der Waals surface area contributed by atoms with Gasteiger partial charge in [-0.1, -0.05) is 79.4 Å². The number of terminal acetylenes is 1. The zero-order valence-corrected chi connectivity index (χ0v) is 22.7. The number of piperazine rings is 1. The molecule has 0 aliphatic carbocycles.